The highest BCUT2D eigenvalue weighted by atomic mass is 79.9. The molecule has 1 rings (SSSR count). The van der Waals surface area contributed by atoms with Gasteiger partial charge in [0, 0.05) is 29.3 Å². The maximum atomic E-state index is 11.8. The summed E-state index contributed by atoms with van der Waals surface area (Å²) in [5.41, 5.74) is 0.538. The number of halogens is 1. The number of hydrogen-bond acceptors (Lipinski definition) is 3. The van der Waals surface area contributed by atoms with Crippen LogP contribution in [0.4, 0.5) is 10.5 Å². The Morgan fingerprint density at radius 3 is 2.57 bits per heavy atom. The zero-order valence-electron chi connectivity index (χ0n) is 12.3. The molecule has 0 saturated carbocycles. The summed E-state index contributed by atoms with van der Waals surface area (Å²) in [5.74, 6) is -1.04. The molecule has 6 nitrogen and oxygen atoms in total. The molecular formula is C14H20BrN3O3. The molecule has 0 atom stereocenters. The number of rotatable bonds is 6. The number of benzene rings is 1. The molecule has 0 aliphatic carbocycles. The number of nitrogens with one attached hydrogen (secondary N) is 2. The molecule has 0 fully saturated rings. The molecule has 3 N–H and O–H groups in total. The minimum absolute atomic E-state index is 0.110. The molecule has 0 spiro atoms. The Balaban J connectivity index is 2.53. The molecule has 0 aliphatic rings. The minimum Gasteiger partial charge on any atom is -0.478 e. The molecule has 1 aromatic rings. The van der Waals surface area contributed by atoms with Gasteiger partial charge in [-0.25, -0.2) is 9.59 Å². The van der Waals surface area contributed by atoms with E-state index in [0.29, 0.717) is 22.7 Å². The van der Waals surface area contributed by atoms with Crippen LogP contribution in [0.5, 0.6) is 0 Å². The van der Waals surface area contributed by atoms with Crippen molar-refractivity contribution in [1.29, 1.82) is 0 Å². The third kappa shape index (κ3) is 6.14. The SMILES string of the molecule is CC(C)N(C)CCNC(=O)Nc1cc(Br)cc(C(=O)O)c1. The first-order valence-electron chi connectivity index (χ1n) is 6.58. The molecular weight excluding hydrogens is 338 g/mol. The van der Waals surface area contributed by atoms with Crippen molar-refractivity contribution < 1.29 is 14.7 Å². The van der Waals surface area contributed by atoms with Crippen molar-refractivity contribution in [2.24, 2.45) is 0 Å². The number of carboxylic acids is 1. The van der Waals surface area contributed by atoms with Crippen LogP contribution in [0.15, 0.2) is 22.7 Å². The first-order chi connectivity index (χ1) is 9.79. The van der Waals surface area contributed by atoms with Gasteiger partial charge in [0.2, 0.25) is 0 Å². The van der Waals surface area contributed by atoms with Crippen molar-refractivity contribution in [3.05, 3.63) is 28.2 Å². The normalized spacial score (nSPS) is 10.8. The number of carbonyl (C=O) groups excluding carboxylic acids is 1. The van der Waals surface area contributed by atoms with Gasteiger partial charge in [-0.15, -0.1) is 0 Å². The van der Waals surface area contributed by atoms with Crippen molar-refractivity contribution in [3.8, 4) is 0 Å². The van der Waals surface area contributed by atoms with Crippen LogP contribution in [0, 0.1) is 0 Å². The summed E-state index contributed by atoms with van der Waals surface area (Å²) in [6.07, 6.45) is 0. The summed E-state index contributed by atoms with van der Waals surface area (Å²) >= 11 is 3.22. The van der Waals surface area contributed by atoms with Gasteiger partial charge in [0.05, 0.1) is 5.56 Å². The maximum absolute atomic E-state index is 11.8. The van der Waals surface area contributed by atoms with E-state index in [-0.39, 0.29) is 11.6 Å². The Hall–Kier alpha value is -1.60. The standard InChI is InChI=1S/C14H20BrN3O3/c1-9(2)18(3)5-4-16-14(21)17-12-7-10(13(19)20)6-11(15)8-12/h6-9H,4-5H2,1-3H3,(H,19,20)(H2,16,17,21). The molecule has 7 heteroatoms. The third-order valence-corrected chi connectivity index (χ3v) is 3.49. The van der Waals surface area contributed by atoms with E-state index in [2.05, 4.69) is 45.3 Å². The van der Waals surface area contributed by atoms with E-state index < -0.39 is 5.97 Å². The average molecular weight is 358 g/mol. The van der Waals surface area contributed by atoms with Gasteiger partial charge in [0.25, 0.3) is 0 Å². The maximum Gasteiger partial charge on any atom is 0.335 e. The van der Waals surface area contributed by atoms with Gasteiger partial charge >= 0.3 is 12.0 Å². The lowest BCUT2D eigenvalue weighted by molar-refractivity contribution is 0.0697. The van der Waals surface area contributed by atoms with Crippen LogP contribution in [0.2, 0.25) is 0 Å². The fourth-order valence-electron chi connectivity index (χ4n) is 1.56. The van der Waals surface area contributed by atoms with Crippen molar-refractivity contribution in [2.75, 3.05) is 25.5 Å². The van der Waals surface area contributed by atoms with Crippen LogP contribution in [-0.2, 0) is 0 Å². The summed E-state index contributed by atoms with van der Waals surface area (Å²) in [5, 5.41) is 14.3. The summed E-state index contributed by atoms with van der Waals surface area (Å²) in [4.78, 5) is 24.8. The molecule has 0 bridgehead atoms. The molecule has 0 heterocycles. The van der Waals surface area contributed by atoms with E-state index >= 15 is 0 Å². The lowest BCUT2D eigenvalue weighted by Crippen LogP contribution is -2.37. The molecule has 116 valence electrons. The van der Waals surface area contributed by atoms with Crippen LogP contribution in [0.1, 0.15) is 24.2 Å². The van der Waals surface area contributed by atoms with E-state index in [1.54, 1.807) is 6.07 Å². The molecule has 0 aromatic heterocycles. The van der Waals surface area contributed by atoms with E-state index in [9.17, 15) is 9.59 Å². The highest BCUT2D eigenvalue weighted by Crippen LogP contribution is 2.19. The molecule has 0 radical (unpaired) electrons. The van der Waals surface area contributed by atoms with E-state index in [1.807, 2.05) is 7.05 Å². The number of likely N-dealkylation sites (N-methyl/N-ethyl adjacent to an activating group) is 1. The first kappa shape index (κ1) is 17.5. The summed E-state index contributed by atoms with van der Waals surface area (Å²) < 4.78 is 0.595. The number of anilines is 1. The fraction of sp³-hybridized carbons (Fsp3) is 0.429. The van der Waals surface area contributed by atoms with Crippen LogP contribution in [0.25, 0.3) is 0 Å². The van der Waals surface area contributed by atoms with Crippen LogP contribution in [0.3, 0.4) is 0 Å². The smallest absolute Gasteiger partial charge is 0.335 e. The molecule has 0 aliphatic heterocycles. The lowest BCUT2D eigenvalue weighted by atomic mass is 10.2. The van der Waals surface area contributed by atoms with Crippen molar-refractivity contribution in [1.82, 2.24) is 10.2 Å². The summed E-state index contributed by atoms with van der Waals surface area (Å²) in [7, 11) is 1.98. The number of amides is 2. The zero-order chi connectivity index (χ0) is 16.0. The highest BCUT2D eigenvalue weighted by molar-refractivity contribution is 9.10. The quantitative estimate of drug-likeness (QED) is 0.730. The van der Waals surface area contributed by atoms with Gasteiger partial charge in [-0.2, -0.15) is 0 Å². The van der Waals surface area contributed by atoms with Gasteiger partial charge in [-0.1, -0.05) is 15.9 Å². The van der Waals surface area contributed by atoms with Crippen LogP contribution >= 0.6 is 15.9 Å². The summed E-state index contributed by atoms with van der Waals surface area (Å²) in [6, 6.07) is 4.59. The second-order valence-corrected chi connectivity index (χ2v) is 5.90. The molecule has 21 heavy (non-hydrogen) atoms. The van der Waals surface area contributed by atoms with E-state index in [1.165, 1.54) is 12.1 Å². The Kier molecular flexibility index (Phi) is 6.64. The summed E-state index contributed by atoms with van der Waals surface area (Å²) in [6.45, 7) is 5.41. The van der Waals surface area contributed by atoms with E-state index in [0.717, 1.165) is 6.54 Å². The Labute approximate surface area is 132 Å². The van der Waals surface area contributed by atoms with Crippen LogP contribution in [-0.4, -0.2) is 48.2 Å². The zero-order valence-corrected chi connectivity index (χ0v) is 13.9. The lowest BCUT2D eigenvalue weighted by Gasteiger charge is -2.20. The van der Waals surface area contributed by atoms with Crippen molar-refractivity contribution in [2.45, 2.75) is 19.9 Å². The van der Waals surface area contributed by atoms with Gasteiger partial charge in [-0.3, -0.25) is 0 Å². The number of urea groups is 1. The predicted molar refractivity (Wildman–Crippen MR) is 85.9 cm³/mol. The number of hydrogen-bond donors (Lipinski definition) is 3. The number of carboxylic acid groups (broad SMARTS) is 1. The molecule has 2 amide bonds. The second kappa shape index (κ2) is 7.99. The van der Waals surface area contributed by atoms with E-state index in [4.69, 9.17) is 5.11 Å². The van der Waals surface area contributed by atoms with Gasteiger partial charge < -0.3 is 20.6 Å². The first-order valence-corrected chi connectivity index (χ1v) is 7.38. The van der Waals surface area contributed by atoms with Gasteiger partial charge in [0.15, 0.2) is 0 Å². The average Bonchev–Trinajstić information content (AvgIpc) is 2.37. The fourth-order valence-corrected chi connectivity index (χ4v) is 2.06. The molecule has 0 saturated heterocycles. The topological polar surface area (TPSA) is 81.7 Å². The highest BCUT2D eigenvalue weighted by Gasteiger charge is 2.09. The van der Waals surface area contributed by atoms with Gasteiger partial charge in [0.1, 0.15) is 0 Å². The largest absolute Gasteiger partial charge is 0.478 e. The second-order valence-electron chi connectivity index (χ2n) is 4.99. The van der Waals surface area contributed by atoms with Crippen LogP contribution < -0.4 is 10.6 Å². The van der Waals surface area contributed by atoms with Crippen molar-refractivity contribution >= 4 is 33.6 Å². The Morgan fingerprint density at radius 1 is 1.33 bits per heavy atom. The molecule has 1 aromatic carbocycles. The molecule has 0 unspecified atom stereocenters. The number of carbonyl (C=O) groups is 2. The monoisotopic (exact) mass is 357 g/mol. The predicted octanol–water partition coefficient (Wildman–Crippen LogP) is 2.61. The van der Waals surface area contributed by atoms with Gasteiger partial charge in [-0.05, 0) is 39.1 Å². The third-order valence-electron chi connectivity index (χ3n) is 3.03. The Morgan fingerprint density at radius 2 is 2.00 bits per heavy atom. The number of aromatic carboxylic acids is 1. The number of nitrogens with zero attached hydrogens (tertiary/aromatic N) is 1. The Bertz CT molecular complexity index is 520. The minimum atomic E-state index is -1.04. The van der Waals surface area contributed by atoms with Crippen molar-refractivity contribution in [3.63, 3.8) is 0 Å².